The van der Waals surface area contributed by atoms with Gasteiger partial charge in [0.25, 0.3) is 0 Å². The van der Waals surface area contributed by atoms with Crippen LogP contribution in [0, 0.1) is 0 Å². The van der Waals surface area contributed by atoms with E-state index in [1.165, 1.54) is 6.07 Å². The van der Waals surface area contributed by atoms with E-state index in [-0.39, 0.29) is 22.5 Å². The van der Waals surface area contributed by atoms with Gasteiger partial charge < -0.3 is 4.42 Å². The highest BCUT2D eigenvalue weighted by Crippen LogP contribution is 2.27. The molecule has 0 fully saturated rings. The highest BCUT2D eigenvalue weighted by atomic mass is 35.5. The zero-order valence-electron chi connectivity index (χ0n) is 13.9. The first-order chi connectivity index (χ1) is 11.9. The molecule has 0 saturated carbocycles. The molecular weight excluding hydrogens is 360 g/mol. The number of sulfonamides is 1. The smallest absolute Gasteiger partial charge is 0.242 e. The summed E-state index contributed by atoms with van der Waals surface area (Å²) in [5.74, 6) is 0.702. The van der Waals surface area contributed by atoms with Crippen LogP contribution >= 0.6 is 11.6 Å². The molecule has 5 nitrogen and oxygen atoms in total. The van der Waals surface area contributed by atoms with Crippen LogP contribution in [0.3, 0.4) is 0 Å². The molecule has 2 aromatic carbocycles. The minimum absolute atomic E-state index is 0.0683. The predicted molar refractivity (Wildman–Crippen MR) is 99.3 cm³/mol. The highest BCUT2D eigenvalue weighted by molar-refractivity contribution is 7.89. The maximum Gasteiger partial charge on any atom is 0.242 e. The summed E-state index contributed by atoms with van der Waals surface area (Å²) in [5, 5.41) is 1.18. The van der Waals surface area contributed by atoms with Crippen molar-refractivity contribution >= 4 is 32.6 Å². The number of nitrogens with zero attached hydrogens (tertiary/aromatic N) is 1. The lowest BCUT2D eigenvalue weighted by Crippen LogP contribution is -2.34. The van der Waals surface area contributed by atoms with Gasteiger partial charge in [0, 0.05) is 11.9 Å². The quantitative estimate of drug-likeness (QED) is 0.710. The van der Waals surface area contributed by atoms with Gasteiger partial charge in [0.05, 0.1) is 11.1 Å². The van der Waals surface area contributed by atoms with E-state index in [0.29, 0.717) is 5.76 Å². The number of hydrogen-bond acceptors (Lipinski definition) is 4. The summed E-state index contributed by atoms with van der Waals surface area (Å²) in [6.45, 7) is 0.167. The third kappa shape index (κ3) is 3.88. The first-order valence-electron chi connectivity index (χ1n) is 7.77. The molecule has 1 atom stereocenters. The van der Waals surface area contributed by atoms with Crippen molar-refractivity contribution in [2.45, 2.75) is 10.9 Å². The summed E-state index contributed by atoms with van der Waals surface area (Å²) in [6.07, 6.45) is 0. The Hall–Kier alpha value is -1.86. The lowest BCUT2D eigenvalue weighted by Gasteiger charge is -2.22. The van der Waals surface area contributed by atoms with Gasteiger partial charge in [0.15, 0.2) is 0 Å². The predicted octanol–water partition coefficient (Wildman–Crippen LogP) is 3.67. The molecule has 1 aromatic heterocycles. The Bertz CT molecular complexity index is 950. The molecule has 0 aliphatic carbocycles. The van der Waals surface area contributed by atoms with Crippen LogP contribution < -0.4 is 4.72 Å². The van der Waals surface area contributed by atoms with E-state index < -0.39 is 10.0 Å². The van der Waals surface area contributed by atoms with Gasteiger partial charge in [0.2, 0.25) is 10.0 Å². The highest BCUT2D eigenvalue weighted by Gasteiger charge is 2.23. The summed E-state index contributed by atoms with van der Waals surface area (Å²) in [6, 6.07) is 15.8. The van der Waals surface area contributed by atoms with Gasteiger partial charge in [-0.3, -0.25) is 4.90 Å². The van der Waals surface area contributed by atoms with Crippen molar-refractivity contribution in [2.75, 3.05) is 20.6 Å². The number of rotatable bonds is 6. The van der Waals surface area contributed by atoms with E-state index >= 15 is 0 Å². The van der Waals surface area contributed by atoms with Gasteiger partial charge in [-0.1, -0.05) is 41.9 Å². The maximum atomic E-state index is 12.5. The van der Waals surface area contributed by atoms with E-state index in [2.05, 4.69) is 4.72 Å². The molecule has 0 saturated heterocycles. The second-order valence-electron chi connectivity index (χ2n) is 5.95. The Morgan fingerprint density at radius 3 is 2.48 bits per heavy atom. The summed E-state index contributed by atoms with van der Waals surface area (Å²) in [5.41, 5.74) is 0.776. The molecule has 1 N–H and O–H groups in total. The summed E-state index contributed by atoms with van der Waals surface area (Å²) in [7, 11) is 0.0454. The van der Waals surface area contributed by atoms with Gasteiger partial charge in [0.1, 0.15) is 16.2 Å². The first kappa shape index (κ1) is 17.9. The largest absolute Gasteiger partial charge is 0.459 e. The topological polar surface area (TPSA) is 62.6 Å². The number of hydrogen-bond donors (Lipinski definition) is 1. The third-order valence-corrected chi connectivity index (χ3v) is 5.91. The van der Waals surface area contributed by atoms with Crippen molar-refractivity contribution < 1.29 is 12.8 Å². The molecule has 0 radical (unpaired) electrons. The molecule has 1 heterocycles. The zero-order valence-corrected chi connectivity index (χ0v) is 15.5. The minimum Gasteiger partial charge on any atom is -0.459 e. The normalized spacial score (nSPS) is 13.4. The lowest BCUT2D eigenvalue weighted by atomic mass is 10.2. The van der Waals surface area contributed by atoms with Gasteiger partial charge in [-0.25, -0.2) is 13.1 Å². The fourth-order valence-corrected chi connectivity index (χ4v) is 4.19. The van der Waals surface area contributed by atoms with Gasteiger partial charge in [-0.05, 0) is 38.4 Å². The first-order valence-corrected chi connectivity index (χ1v) is 9.64. The van der Waals surface area contributed by atoms with Crippen molar-refractivity contribution in [1.29, 1.82) is 0 Å². The Labute approximate surface area is 152 Å². The second kappa shape index (κ2) is 7.17. The summed E-state index contributed by atoms with van der Waals surface area (Å²) < 4.78 is 33.6. The van der Waals surface area contributed by atoms with Crippen molar-refractivity contribution in [1.82, 2.24) is 9.62 Å². The van der Waals surface area contributed by atoms with Gasteiger partial charge in [-0.2, -0.15) is 0 Å². The second-order valence-corrected chi connectivity index (χ2v) is 8.09. The molecule has 132 valence electrons. The van der Waals surface area contributed by atoms with Crippen LogP contribution in [0.4, 0.5) is 0 Å². The molecule has 0 unspecified atom stereocenters. The number of furan rings is 1. The average molecular weight is 379 g/mol. The van der Waals surface area contributed by atoms with Gasteiger partial charge >= 0.3 is 0 Å². The SMILES string of the molecule is CN(C)[C@@H](CNS(=O)(=O)c1ccccc1Cl)c1cc2ccccc2o1. The summed E-state index contributed by atoms with van der Waals surface area (Å²) >= 11 is 6.01. The molecule has 3 rings (SSSR count). The lowest BCUT2D eigenvalue weighted by molar-refractivity contribution is 0.264. The van der Waals surface area contributed by atoms with Crippen LogP contribution in [-0.2, 0) is 10.0 Å². The van der Waals surface area contributed by atoms with E-state index in [1.807, 2.05) is 49.3 Å². The van der Waals surface area contributed by atoms with E-state index in [0.717, 1.165) is 11.0 Å². The van der Waals surface area contributed by atoms with Crippen molar-refractivity contribution in [3.8, 4) is 0 Å². The fraction of sp³-hybridized carbons (Fsp3) is 0.222. The number of halogens is 1. The van der Waals surface area contributed by atoms with Crippen LogP contribution in [0.2, 0.25) is 5.02 Å². The maximum absolute atomic E-state index is 12.5. The van der Waals surface area contributed by atoms with Crippen molar-refractivity contribution in [3.05, 3.63) is 65.4 Å². The standard InChI is InChI=1S/C18H19ClN2O3S/c1-21(2)15(17-11-13-7-3-5-9-16(13)24-17)12-20-25(22,23)18-10-6-4-8-14(18)19/h3-11,15,20H,12H2,1-2H3/t15-/m0/s1. The third-order valence-electron chi connectivity index (χ3n) is 3.99. The van der Waals surface area contributed by atoms with Crippen LogP contribution in [0.5, 0.6) is 0 Å². The molecule has 0 amide bonds. The van der Waals surface area contributed by atoms with E-state index in [9.17, 15) is 8.42 Å². The molecule has 25 heavy (non-hydrogen) atoms. The monoisotopic (exact) mass is 378 g/mol. The van der Waals surface area contributed by atoms with Gasteiger partial charge in [-0.15, -0.1) is 0 Å². The number of likely N-dealkylation sites (N-methyl/N-ethyl adjacent to an activating group) is 1. The molecule has 0 bridgehead atoms. The average Bonchev–Trinajstić information content (AvgIpc) is 2.98. The van der Waals surface area contributed by atoms with Crippen LogP contribution in [0.1, 0.15) is 11.8 Å². The molecular formula is C18H19ClN2O3S. The van der Waals surface area contributed by atoms with Crippen molar-refractivity contribution in [2.24, 2.45) is 0 Å². The molecule has 0 aliphatic heterocycles. The van der Waals surface area contributed by atoms with E-state index in [4.69, 9.17) is 16.0 Å². The minimum atomic E-state index is -3.71. The van der Waals surface area contributed by atoms with Crippen molar-refractivity contribution in [3.63, 3.8) is 0 Å². The molecule has 7 heteroatoms. The number of para-hydroxylation sites is 1. The molecule has 0 spiro atoms. The van der Waals surface area contributed by atoms with E-state index in [1.54, 1.807) is 18.2 Å². The Morgan fingerprint density at radius 1 is 1.12 bits per heavy atom. The molecule has 3 aromatic rings. The zero-order chi connectivity index (χ0) is 18.0. The molecule has 0 aliphatic rings. The van der Waals surface area contributed by atoms with Crippen LogP contribution in [0.15, 0.2) is 63.9 Å². The number of benzene rings is 2. The fourth-order valence-electron chi connectivity index (χ4n) is 2.63. The number of nitrogens with one attached hydrogen (secondary N) is 1. The number of fused-ring (bicyclic) bond motifs is 1. The van der Waals surface area contributed by atoms with Crippen LogP contribution in [-0.4, -0.2) is 34.0 Å². The Kier molecular flexibility index (Phi) is 5.15. The Morgan fingerprint density at radius 2 is 1.80 bits per heavy atom. The summed E-state index contributed by atoms with van der Waals surface area (Å²) in [4.78, 5) is 1.98. The Balaban J connectivity index is 1.84. The van der Waals surface area contributed by atoms with Crippen LogP contribution in [0.25, 0.3) is 11.0 Å².